The van der Waals surface area contributed by atoms with Crippen molar-refractivity contribution in [1.29, 1.82) is 0 Å². The number of hydrogen-bond acceptors (Lipinski definition) is 8. The normalized spacial score (nSPS) is 22.9. The van der Waals surface area contributed by atoms with Gasteiger partial charge in [0.2, 0.25) is 6.79 Å². The summed E-state index contributed by atoms with van der Waals surface area (Å²) in [6.07, 6.45) is 2.78. The number of allylic oxidation sites excluding steroid dienone is 3. The van der Waals surface area contributed by atoms with Gasteiger partial charge in [0.25, 0.3) is 5.69 Å². The molecule has 2 atom stereocenters. The number of rotatable bonds is 3. The first-order chi connectivity index (χ1) is 13.4. The molecular weight excluding hydrogens is 368 g/mol. The molecule has 0 amide bonds. The minimum Gasteiger partial charge on any atom is -0.466 e. The monoisotopic (exact) mass is 386 g/mol. The minimum atomic E-state index is -0.859. The highest BCUT2D eigenvalue weighted by molar-refractivity contribution is 5.96. The van der Waals surface area contributed by atoms with Gasteiger partial charge < -0.3 is 19.5 Å². The number of nitrogens with zero attached hydrogens (tertiary/aromatic N) is 1. The van der Waals surface area contributed by atoms with Gasteiger partial charge in [0.15, 0.2) is 11.5 Å². The Labute approximate surface area is 160 Å². The highest BCUT2D eigenvalue weighted by atomic mass is 16.7. The van der Waals surface area contributed by atoms with Gasteiger partial charge in [-0.15, -0.1) is 0 Å². The van der Waals surface area contributed by atoms with Crippen LogP contribution in [0.5, 0.6) is 11.5 Å². The highest BCUT2D eigenvalue weighted by Crippen LogP contribution is 2.49. The standard InChI is InChI=1S/C19H18N2O7/c1-9-16(19(23)26-2)17(18-11(20-9)4-3-5-13(18)22)10-6-14-15(28-8-27-14)7-12(10)21(24)25/h4,6-7,17-18,20H,3,5,8H2,1-2H3. The summed E-state index contributed by atoms with van der Waals surface area (Å²) >= 11 is 0. The van der Waals surface area contributed by atoms with E-state index in [0.29, 0.717) is 30.0 Å². The molecule has 3 aliphatic rings. The summed E-state index contributed by atoms with van der Waals surface area (Å²) in [6.45, 7) is 1.64. The van der Waals surface area contributed by atoms with E-state index in [-0.39, 0.29) is 35.1 Å². The van der Waals surface area contributed by atoms with E-state index in [2.05, 4.69) is 5.32 Å². The Hall–Kier alpha value is -3.36. The molecule has 1 aromatic rings. The summed E-state index contributed by atoms with van der Waals surface area (Å²) in [5.74, 6) is -1.71. The molecule has 1 N–H and O–H groups in total. The van der Waals surface area contributed by atoms with E-state index in [1.807, 2.05) is 6.08 Å². The highest BCUT2D eigenvalue weighted by Gasteiger charge is 2.46. The van der Waals surface area contributed by atoms with Crippen molar-refractivity contribution in [1.82, 2.24) is 5.32 Å². The quantitative estimate of drug-likeness (QED) is 0.478. The van der Waals surface area contributed by atoms with Crippen molar-refractivity contribution in [3.05, 3.63) is 50.9 Å². The average Bonchev–Trinajstić information content (AvgIpc) is 3.13. The molecule has 0 aromatic heterocycles. The van der Waals surface area contributed by atoms with Crippen LogP contribution < -0.4 is 14.8 Å². The van der Waals surface area contributed by atoms with E-state index in [9.17, 15) is 19.7 Å². The lowest BCUT2D eigenvalue weighted by Gasteiger charge is -2.37. The molecule has 0 radical (unpaired) electrons. The third-order valence-corrected chi connectivity index (χ3v) is 5.28. The van der Waals surface area contributed by atoms with Crippen LogP contribution in [0.15, 0.2) is 35.2 Å². The molecule has 1 aliphatic carbocycles. The molecular formula is C19H18N2O7. The number of nitro benzene ring substituents is 1. The molecule has 2 heterocycles. The number of methoxy groups -OCH3 is 1. The first-order valence-corrected chi connectivity index (χ1v) is 8.79. The van der Waals surface area contributed by atoms with Gasteiger partial charge in [0, 0.05) is 29.3 Å². The number of fused-ring (bicyclic) bond motifs is 2. The van der Waals surface area contributed by atoms with Crippen LogP contribution in [-0.2, 0) is 14.3 Å². The number of Topliss-reactive ketones (excluding diaryl/α,β-unsaturated/α-hetero) is 1. The van der Waals surface area contributed by atoms with Gasteiger partial charge in [0.05, 0.1) is 29.6 Å². The van der Waals surface area contributed by atoms with Gasteiger partial charge in [-0.25, -0.2) is 4.79 Å². The van der Waals surface area contributed by atoms with Gasteiger partial charge in [-0.3, -0.25) is 14.9 Å². The Morgan fingerprint density at radius 1 is 1.29 bits per heavy atom. The van der Waals surface area contributed by atoms with Crippen LogP contribution in [0.25, 0.3) is 0 Å². The number of nitro groups is 1. The van der Waals surface area contributed by atoms with E-state index in [1.165, 1.54) is 19.2 Å². The summed E-state index contributed by atoms with van der Waals surface area (Å²) in [4.78, 5) is 36.6. The fourth-order valence-electron chi connectivity index (χ4n) is 4.08. The number of ketones is 1. The zero-order chi connectivity index (χ0) is 20.0. The Bertz CT molecular complexity index is 963. The van der Waals surface area contributed by atoms with E-state index in [0.717, 1.165) is 0 Å². The van der Waals surface area contributed by atoms with Crippen LogP contribution in [-0.4, -0.2) is 30.6 Å². The van der Waals surface area contributed by atoms with Crippen LogP contribution in [0.1, 0.15) is 31.2 Å². The largest absolute Gasteiger partial charge is 0.466 e. The number of esters is 1. The first-order valence-electron chi connectivity index (χ1n) is 8.79. The molecule has 1 aromatic carbocycles. The lowest BCUT2D eigenvalue weighted by atomic mass is 9.70. The van der Waals surface area contributed by atoms with E-state index >= 15 is 0 Å². The smallest absolute Gasteiger partial charge is 0.336 e. The van der Waals surface area contributed by atoms with Crippen molar-refractivity contribution in [2.75, 3.05) is 13.9 Å². The van der Waals surface area contributed by atoms with Crippen molar-refractivity contribution in [2.45, 2.75) is 25.7 Å². The molecule has 0 fully saturated rings. The number of carbonyl (C=O) groups excluding carboxylic acids is 2. The zero-order valence-corrected chi connectivity index (χ0v) is 15.3. The summed E-state index contributed by atoms with van der Waals surface area (Å²) < 4.78 is 15.6. The van der Waals surface area contributed by atoms with Gasteiger partial charge in [-0.05, 0) is 19.4 Å². The molecule has 9 heteroatoms. The lowest BCUT2D eigenvalue weighted by Crippen LogP contribution is -2.40. The average molecular weight is 386 g/mol. The second-order valence-electron chi connectivity index (χ2n) is 6.80. The Morgan fingerprint density at radius 2 is 2.00 bits per heavy atom. The van der Waals surface area contributed by atoms with Crippen LogP contribution in [0.4, 0.5) is 5.69 Å². The van der Waals surface area contributed by atoms with Crippen LogP contribution in [0.2, 0.25) is 0 Å². The zero-order valence-electron chi connectivity index (χ0n) is 15.3. The summed E-state index contributed by atoms with van der Waals surface area (Å²) in [6, 6.07) is 2.77. The molecule has 0 bridgehead atoms. The summed E-state index contributed by atoms with van der Waals surface area (Å²) in [5.41, 5.74) is 1.34. The first kappa shape index (κ1) is 18.0. The SMILES string of the molecule is COC(=O)C1=C(C)NC2=CCCC(=O)C2C1c1cc2c(cc1[N+](=O)[O-])OCO2. The molecule has 2 unspecified atom stereocenters. The predicted octanol–water partition coefficient (Wildman–Crippen LogP) is 2.32. The fraction of sp³-hybridized carbons (Fsp3) is 0.368. The van der Waals surface area contributed by atoms with Crippen LogP contribution in [0, 0.1) is 16.0 Å². The molecule has 0 saturated heterocycles. The second kappa shape index (κ2) is 6.66. The lowest BCUT2D eigenvalue weighted by molar-refractivity contribution is -0.385. The van der Waals surface area contributed by atoms with Gasteiger partial charge in [-0.1, -0.05) is 6.08 Å². The van der Waals surface area contributed by atoms with E-state index in [1.54, 1.807) is 6.92 Å². The number of ether oxygens (including phenoxy) is 3. The number of hydrogen-bond donors (Lipinski definition) is 1. The molecule has 28 heavy (non-hydrogen) atoms. The van der Waals surface area contributed by atoms with Crippen molar-refractivity contribution in [3.8, 4) is 11.5 Å². The predicted molar refractivity (Wildman–Crippen MR) is 95.6 cm³/mol. The van der Waals surface area contributed by atoms with Gasteiger partial charge >= 0.3 is 5.97 Å². The molecule has 146 valence electrons. The maximum absolute atomic E-state index is 12.8. The van der Waals surface area contributed by atoms with Gasteiger partial charge in [-0.2, -0.15) is 0 Å². The van der Waals surface area contributed by atoms with Gasteiger partial charge in [0.1, 0.15) is 5.78 Å². The maximum atomic E-state index is 12.8. The van der Waals surface area contributed by atoms with Crippen LogP contribution in [0.3, 0.4) is 0 Å². The molecule has 0 spiro atoms. The second-order valence-corrected chi connectivity index (χ2v) is 6.80. The minimum absolute atomic E-state index is 0.0472. The molecule has 4 rings (SSSR count). The van der Waals surface area contributed by atoms with E-state index in [4.69, 9.17) is 14.2 Å². The summed E-state index contributed by atoms with van der Waals surface area (Å²) in [7, 11) is 1.24. The number of benzene rings is 1. The Kier molecular flexibility index (Phi) is 4.29. The maximum Gasteiger partial charge on any atom is 0.336 e. The third kappa shape index (κ3) is 2.70. The molecule has 2 aliphatic heterocycles. The Balaban J connectivity index is 1.98. The third-order valence-electron chi connectivity index (χ3n) is 5.28. The fourth-order valence-corrected chi connectivity index (χ4v) is 4.08. The topological polar surface area (TPSA) is 117 Å². The van der Waals surface area contributed by atoms with Crippen molar-refractivity contribution in [3.63, 3.8) is 0 Å². The summed E-state index contributed by atoms with van der Waals surface area (Å²) in [5, 5.41) is 14.9. The number of nitrogens with one attached hydrogen (secondary N) is 1. The molecule has 9 nitrogen and oxygen atoms in total. The van der Waals surface area contributed by atoms with Crippen molar-refractivity contribution in [2.24, 2.45) is 5.92 Å². The number of carbonyl (C=O) groups is 2. The molecule has 0 saturated carbocycles. The van der Waals surface area contributed by atoms with E-state index < -0.39 is 22.7 Å². The van der Waals surface area contributed by atoms with Crippen molar-refractivity contribution >= 4 is 17.4 Å². The van der Waals surface area contributed by atoms with Crippen molar-refractivity contribution < 1.29 is 28.7 Å². The van der Waals surface area contributed by atoms with Crippen LogP contribution >= 0.6 is 0 Å². The Morgan fingerprint density at radius 3 is 2.68 bits per heavy atom.